The molecule has 0 unspecified atom stereocenters. The Hall–Kier alpha value is -0.940. The van der Waals surface area contributed by atoms with E-state index in [-0.39, 0.29) is 0 Å². The van der Waals surface area contributed by atoms with Crippen LogP contribution in [0, 0.1) is 0 Å². The maximum Gasteiger partial charge on any atom is 0.146 e. The molecule has 0 saturated heterocycles. The van der Waals surface area contributed by atoms with E-state index in [1.54, 1.807) is 6.33 Å². The van der Waals surface area contributed by atoms with Crippen LogP contribution in [0.3, 0.4) is 0 Å². The van der Waals surface area contributed by atoms with Crippen molar-refractivity contribution in [1.29, 1.82) is 0 Å². The Bertz CT molecular complexity index is 280. The van der Waals surface area contributed by atoms with E-state index in [1.165, 1.54) is 0 Å². The van der Waals surface area contributed by atoms with Gasteiger partial charge in [0.25, 0.3) is 0 Å². The quantitative estimate of drug-likeness (QED) is 0.663. The zero-order valence-electron chi connectivity index (χ0n) is 10.6. The van der Waals surface area contributed by atoms with Crippen molar-refractivity contribution in [2.75, 3.05) is 26.2 Å². The highest BCUT2D eigenvalue weighted by Crippen LogP contribution is 1.93. The second-order valence-electron chi connectivity index (χ2n) is 3.74. The Kier molecular flexibility index (Phi) is 6.03. The van der Waals surface area contributed by atoms with E-state index in [2.05, 4.69) is 45.8 Å². The molecule has 0 aliphatic rings. The van der Waals surface area contributed by atoms with E-state index in [0.717, 1.165) is 45.1 Å². The van der Waals surface area contributed by atoms with Crippen molar-refractivity contribution in [2.24, 2.45) is 0 Å². The average Bonchev–Trinajstić information content (AvgIpc) is 2.77. The number of nitrogens with zero attached hydrogens (tertiary/aromatic N) is 4. The topological polar surface area (TPSA) is 46.0 Å². The molecule has 0 aliphatic heterocycles. The number of rotatable bonds is 8. The van der Waals surface area contributed by atoms with E-state index in [4.69, 9.17) is 0 Å². The molecular formula is C11H23N5. The van der Waals surface area contributed by atoms with E-state index in [0.29, 0.717) is 0 Å². The van der Waals surface area contributed by atoms with Gasteiger partial charge >= 0.3 is 0 Å². The van der Waals surface area contributed by atoms with E-state index >= 15 is 0 Å². The van der Waals surface area contributed by atoms with Gasteiger partial charge in [0.1, 0.15) is 12.2 Å². The number of aromatic nitrogens is 3. The predicted octanol–water partition coefficient (Wildman–Crippen LogP) is 0.729. The molecule has 0 amide bonds. The van der Waals surface area contributed by atoms with E-state index in [9.17, 15) is 0 Å². The number of aryl methyl sites for hydroxylation is 1. The van der Waals surface area contributed by atoms with Crippen LogP contribution in [0.25, 0.3) is 0 Å². The predicted molar refractivity (Wildman–Crippen MR) is 65.2 cm³/mol. The third kappa shape index (κ3) is 3.90. The van der Waals surface area contributed by atoms with Crippen molar-refractivity contribution in [3.8, 4) is 0 Å². The molecule has 1 rings (SSSR count). The lowest BCUT2D eigenvalue weighted by Crippen LogP contribution is -2.32. The van der Waals surface area contributed by atoms with E-state index in [1.807, 2.05) is 0 Å². The first-order valence-corrected chi connectivity index (χ1v) is 6.11. The fourth-order valence-corrected chi connectivity index (χ4v) is 1.66. The van der Waals surface area contributed by atoms with Crippen LogP contribution in [0.4, 0.5) is 0 Å². The Morgan fingerprint density at radius 3 is 2.69 bits per heavy atom. The SMILES string of the molecule is CCN(CC)CCNCc1nncn1CC. The van der Waals surface area contributed by atoms with Crippen molar-refractivity contribution in [3.63, 3.8) is 0 Å². The van der Waals surface area contributed by atoms with Gasteiger partial charge in [-0.15, -0.1) is 10.2 Å². The molecule has 0 spiro atoms. The molecule has 5 nitrogen and oxygen atoms in total. The second kappa shape index (κ2) is 7.35. The molecule has 0 saturated carbocycles. The lowest BCUT2D eigenvalue weighted by molar-refractivity contribution is 0.301. The van der Waals surface area contributed by atoms with Crippen molar-refractivity contribution in [3.05, 3.63) is 12.2 Å². The first kappa shape index (κ1) is 13.1. The Labute approximate surface area is 97.9 Å². The maximum atomic E-state index is 4.08. The summed E-state index contributed by atoms with van der Waals surface area (Å²) in [7, 11) is 0. The lowest BCUT2D eigenvalue weighted by atomic mass is 10.4. The van der Waals surface area contributed by atoms with Gasteiger partial charge < -0.3 is 14.8 Å². The minimum atomic E-state index is 0.801. The average molecular weight is 225 g/mol. The first-order valence-electron chi connectivity index (χ1n) is 6.11. The minimum absolute atomic E-state index is 0.801. The van der Waals surface area contributed by atoms with Crippen molar-refractivity contribution in [1.82, 2.24) is 25.0 Å². The number of hydrogen-bond donors (Lipinski definition) is 1. The van der Waals surface area contributed by atoms with Gasteiger partial charge in [-0.2, -0.15) is 0 Å². The number of hydrogen-bond acceptors (Lipinski definition) is 4. The molecule has 1 aromatic rings. The van der Waals surface area contributed by atoms with Crippen LogP contribution in [-0.4, -0.2) is 45.8 Å². The molecule has 0 fully saturated rings. The summed E-state index contributed by atoms with van der Waals surface area (Å²) in [6.45, 7) is 12.5. The van der Waals surface area contributed by atoms with Crippen molar-refractivity contribution < 1.29 is 0 Å². The molecule has 0 aliphatic carbocycles. The summed E-state index contributed by atoms with van der Waals surface area (Å²) in [4.78, 5) is 2.40. The number of nitrogens with one attached hydrogen (secondary N) is 1. The molecule has 1 N–H and O–H groups in total. The van der Waals surface area contributed by atoms with Crippen LogP contribution in [0.2, 0.25) is 0 Å². The fourth-order valence-electron chi connectivity index (χ4n) is 1.66. The van der Waals surface area contributed by atoms with Crippen molar-refractivity contribution in [2.45, 2.75) is 33.9 Å². The summed E-state index contributed by atoms with van der Waals surface area (Å²) in [6, 6.07) is 0. The van der Waals surface area contributed by atoms with Gasteiger partial charge in [0.15, 0.2) is 0 Å². The summed E-state index contributed by atoms with van der Waals surface area (Å²) >= 11 is 0. The van der Waals surface area contributed by atoms with Gasteiger partial charge in [0, 0.05) is 19.6 Å². The van der Waals surface area contributed by atoms with Gasteiger partial charge in [-0.25, -0.2) is 0 Å². The summed E-state index contributed by atoms with van der Waals surface area (Å²) in [6.07, 6.45) is 1.78. The molecular weight excluding hydrogens is 202 g/mol. The normalized spacial score (nSPS) is 11.2. The Balaban J connectivity index is 2.20. The minimum Gasteiger partial charge on any atom is -0.317 e. The summed E-state index contributed by atoms with van der Waals surface area (Å²) < 4.78 is 2.06. The molecule has 16 heavy (non-hydrogen) atoms. The van der Waals surface area contributed by atoms with Crippen LogP contribution in [0.15, 0.2) is 6.33 Å². The molecule has 1 heterocycles. The standard InChI is InChI=1S/C11H23N5/c1-4-15(5-2)8-7-12-9-11-14-13-10-16(11)6-3/h10,12H,4-9H2,1-3H3. The zero-order chi connectivity index (χ0) is 11.8. The largest absolute Gasteiger partial charge is 0.317 e. The van der Waals surface area contributed by atoms with Crippen molar-refractivity contribution >= 4 is 0 Å². The lowest BCUT2D eigenvalue weighted by Gasteiger charge is -2.17. The monoisotopic (exact) mass is 225 g/mol. The third-order valence-corrected chi connectivity index (χ3v) is 2.82. The molecule has 5 heteroatoms. The highest BCUT2D eigenvalue weighted by atomic mass is 15.3. The smallest absolute Gasteiger partial charge is 0.146 e. The summed E-state index contributed by atoms with van der Waals surface area (Å²) in [5.41, 5.74) is 0. The van der Waals surface area contributed by atoms with E-state index < -0.39 is 0 Å². The third-order valence-electron chi connectivity index (χ3n) is 2.82. The Morgan fingerprint density at radius 1 is 1.31 bits per heavy atom. The molecule has 1 aromatic heterocycles. The van der Waals surface area contributed by atoms with Crippen LogP contribution in [0.1, 0.15) is 26.6 Å². The summed E-state index contributed by atoms with van der Waals surface area (Å²) in [5.74, 6) is 1.02. The van der Waals surface area contributed by atoms with Gasteiger partial charge in [0.2, 0.25) is 0 Å². The fraction of sp³-hybridized carbons (Fsp3) is 0.818. The molecule has 0 radical (unpaired) electrons. The first-order chi connectivity index (χ1) is 7.81. The maximum absolute atomic E-state index is 4.08. The van der Waals surface area contributed by atoms with Crippen LogP contribution < -0.4 is 5.32 Å². The highest BCUT2D eigenvalue weighted by Gasteiger charge is 2.02. The molecule has 92 valence electrons. The molecule has 0 bridgehead atoms. The van der Waals surface area contributed by atoms with Crippen LogP contribution in [0.5, 0.6) is 0 Å². The van der Waals surface area contributed by atoms with Gasteiger partial charge in [-0.1, -0.05) is 13.8 Å². The second-order valence-corrected chi connectivity index (χ2v) is 3.74. The van der Waals surface area contributed by atoms with Gasteiger partial charge in [-0.3, -0.25) is 0 Å². The highest BCUT2D eigenvalue weighted by molar-refractivity contribution is 4.84. The molecule has 0 aromatic carbocycles. The Morgan fingerprint density at radius 2 is 2.06 bits per heavy atom. The van der Waals surface area contributed by atoms with Crippen LogP contribution in [-0.2, 0) is 13.1 Å². The van der Waals surface area contributed by atoms with Gasteiger partial charge in [-0.05, 0) is 20.0 Å². The zero-order valence-corrected chi connectivity index (χ0v) is 10.6. The van der Waals surface area contributed by atoms with Gasteiger partial charge in [0.05, 0.1) is 6.54 Å². The van der Waals surface area contributed by atoms with Crippen LogP contribution >= 0.6 is 0 Å². The number of likely N-dealkylation sites (N-methyl/N-ethyl adjacent to an activating group) is 1. The summed E-state index contributed by atoms with van der Waals surface area (Å²) in [5, 5.41) is 11.4. The molecule has 0 atom stereocenters.